The van der Waals surface area contributed by atoms with E-state index in [4.69, 9.17) is 11.6 Å². The lowest BCUT2D eigenvalue weighted by Gasteiger charge is -2.06. The van der Waals surface area contributed by atoms with Crippen LogP contribution < -0.4 is 17.0 Å². The van der Waals surface area contributed by atoms with Gasteiger partial charge in [0.1, 0.15) is 6.54 Å². The van der Waals surface area contributed by atoms with Gasteiger partial charge < -0.3 is 12.4 Å². The quantitative estimate of drug-likeness (QED) is 0.648. The Morgan fingerprint density at radius 3 is 2.59 bits per heavy atom. The molecule has 0 spiro atoms. The van der Waals surface area contributed by atoms with E-state index in [-0.39, 0.29) is 12.4 Å². The van der Waals surface area contributed by atoms with Crippen molar-refractivity contribution in [1.82, 2.24) is 0 Å². The molecule has 0 radical (unpaired) electrons. The number of aromatic nitrogens is 1. The molecule has 88 valence electrons. The van der Waals surface area contributed by atoms with Crippen molar-refractivity contribution in [3.05, 3.63) is 64.9 Å². The largest absolute Gasteiger partial charge is 1.00 e. The van der Waals surface area contributed by atoms with Crippen LogP contribution in [-0.4, -0.2) is 0 Å². The molecule has 0 aliphatic carbocycles. The van der Waals surface area contributed by atoms with E-state index in [1.54, 1.807) is 0 Å². The van der Waals surface area contributed by atoms with E-state index in [1.807, 2.05) is 12.1 Å². The summed E-state index contributed by atoms with van der Waals surface area (Å²) < 4.78 is 2.33. The highest BCUT2D eigenvalue weighted by Gasteiger charge is 2.30. The molecular formula is C14H13Cl2N. The van der Waals surface area contributed by atoms with Crippen LogP contribution in [0.1, 0.15) is 23.6 Å². The lowest BCUT2D eigenvalue weighted by molar-refractivity contribution is -0.691. The molecule has 3 heteroatoms. The van der Waals surface area contributed by atoms with Gasteiger partial charge in [0.05, 0.1) is 5.92 Å². The molecule has 0 saturated heterocycles. The average Bonchev–Trinajstić information content (AvgIpc) is 2.74. The Hall–Kier alpha value is -1.05. The Morgan fingerprint density at radius 1 is 1.06 bits per heavy atom. The minimum atomic E-state index is 0. The van der Waals surface area contributed by atoms with Crippen LogP contribution in [0.25, 0.3) is 0 Å². The molecule has 0 bridgehead atoms. The number of rotatable bonds is 1. The molecule has 0 N–H and O–H groups in total. The maximum absolute atomic E-state index is 5.91. The van der Waals surface area contributed by atoms with E-state index in [1.165, 1.54) is 17.7 Å². The van der Waals surface area contributed by atoms with Crippen molar-refractivity contribution in [2.24, 2.45) is 0 Å². The number of nitrogens with zero attached hydrogens (tertiary/aromatic N) is 1. The molecule has 1 atom stereocenters. The summed E-state index contributed by atoms with van der Waals surface area (Å²) in [6.07, 6.45) is 3.34. The van der Waals surface area contributed by atoms with Crippen LogP contribution in [0, 0.1) is 0 Å². The van der Waals surface area contributed by atoms with Gasteiger partial charge in [-0.2, -0.15) is 0 Å². The molecule has 17 heavy (non-hydrogen) atoms. The Balaban J connectivity index is 0.00000108. The molecule has 1 nitrogen and oxygen atoms in total. The second-order valence-electron chi connectivity index (χ2n) is 4.21. The third kappa shape index (κ3) is 2.31. The van der Waals surface area contributed by atoms with E-state index in [9.17, 15) is 0 Å². The lowest BCUT2D eigenvalue weighted by atomic mass is 9.95. The molecule has 1 aliphatic rings. The van der Waals surface area contributed by atoms with Crippen molar-refractivity contribution in [3.8, 4) is 0 Å². The molecule has 1 aromatic heterocycles. The third-order valence-corrected chi connectivity index (χ3v) is 3.52. The van der Waals surface area contributed by atoms with Gasteiger partial charge in [0.15, 0.2) is 11.9 Å². The number of halogens is 2. The third-order valence-electron chi connectivity index (χ3n) is 3.26. The second-order valence-corrected chi connectivity index (χ2v) is 4.65. The maximum atomic E-state index is 5.91. The summed E-state index contributed by atoms with van der Waals surface area (Å²) >= 11 is 5.91. The zero-order valence-corrected chi connectivity index (χ0v) is 10.8. The highest BCUT2D eigenvalue weighted by molar-refractivity contribution is 6.30. The van der Waals surface area contributed by atoms with Crippen LogP contribution >= 0.6 is 11.6 Å². The minimum absolute atomic E-state index is 0. The molecule has 2 heterocycles. The van der Waals surface area contributed by atoms with Crippen LogP contribution in [0.3, 0.4) is 0 Å². The van der Waals surface area contributed by atoms with Crippen molar-refractivity contribution < 1.29 is 17.0 Å². The summed E-state index contributed by atoms with van der Waals surface area (Å²) in [5.41, 5.74) is 2.77. The summed E-state index contributed by atoms with van der Waals surface area (Å²) in [6, 6.07) is 14.6. The summed E-state index contributed by atoms with van der Waals surface area (Å²) in [5.74, 6) is 0.526. The first-order chi connectivity index (χ1) is 7.84. The van der Waals surface area contributed by atoms with Gasteiger partial charge in [0, 0.05) is 23.6 Å². The van der Waals surface area contributed by atoms with Gasteiger partial charge in [-0.25, -0.2) is 4.57 Å². The Bertz CT molecular complexity index is 508. The number of hydrogen-bond donors (Lipinski definition) is 0. The molecule has 0 saturated carbocycles. The van der Waals surface area contributed by atoms with Gasteiger partial charge in [-0.3, -0.25) is 0 Å². The number of fused-ring (bicyclic) bond motifs is 1. The highest BCUT2D eigenvalue weighted by Crippen LogP contribution is 2.30. The fraction of sp³-hybridized carbons (Fsp3) is 0.214. The molecular weight excluding hydrogens is 253 g/mol. The predicted molar refractivity (Wildman–Crippen MR) is 64.5 cm³/mol. The summed E-state index contributed by atoms with van der Waals surface area (Å²) in [5, 5.41) is 0.808. The van der Waals surface area contributed by atoms with Crippen molar-refractivity contribution in [2.45, 2.75) is 18.9 Å². The molecule has 1 aromatic carbocycles. The van der Waals surface area contributed by atoms with Gasteiger partial charge in [-0.1, -0.05) is 29.8 Å². The molecule has 2 aromatic rings. The summed E-state index contributed by atoms with van der Waals surface area (Å²) in [6.45, 7) is 1.11. The van der Waals surface area contributed by atoms with Crippen molar-refractivity contribution in [1.29, 1.82) is 0 Å². The first-order valence-corrected chi connectivity index (χ1v) is 5.96. The van der Waals surface area contributed by atoms with E-state index in [0.29, 0.717) is 5.92 Å². The maximum Gasteiger partial charge on any atom is 0.189 e. The smallest absolute Gasteiger partial charge is 0.189 e. The molecule has 1 aliphatic heterocycles. The van der Waals surface area contributed by atoms with Crippen molar-refractivity contribution >= 4 is 11.6 Å². The number of pyridine rings is 1. The monoisotopic (exact) mass is 265 g/mol. The van der Waals surface area contributed by atoms with Crippen molar-refractivity contribution in [3.63, 3.8) is 0 Å². The van der Waals surface area contributed by atoms with E-state index >= 15 is 0 Å². The predicted octanol–water partition coefficient (Wildman–Crippen LogP) is 0.167. The summed E-state index contributed by atoms with van der Waals surface area (Å²) in [4.78, 5) is 0. The molecule has 1 unspecified atom stereocenters. The van der Waals surface area contributed by atoms with E-state index in [0.717, 1.165) is 11.6 Å². The average molecular weight is 266 g/mol. The van der Waals surface area contributed by atoms with Gasteiger partial charge in [0.2, 0.25) is 0 Å². The van der Waals surface area contributed by atoms with Gasteiger partial charge in [-0.15, -0.1) is 0 Å². The van der Waals surface area contributed by atoms with Crippen LogP contribution in [-0.2, 0) is 6.54 Å². The number of hydrogen-bond acceptors (Lipinski definition) is 0. The number of benzene rings is 1. The van der Waals surface area contributed by atoms with Crippen LogP contribution in [0.4, 0.5) is 0 Å². The lowest BCUT2D eigenvalue weighted by Crippen LogP contribution is -3.00. The van der Waals surface area contributed by atoms with E-state index in [2.05, 4.69) is 41.1 Å². The van der Waals surface area contributed by atoms with Gasteiger partial charge >= 0.3 is 0 Å². The van der Waals surface area contributed by atoms with Crippen molar-refractivity contribution in [2.75, 3.05) is 0 Å². The van der Waals surface area contributed by atoms with Crippen LogP contribution in [0.5, 0.6) is 0 Å². The summed E-state index contributed by atoms with van der Waals surface area (Å²) in [7, 11) is 0. The fourth-order valence-corrected chi connectivity index (χ4v) is 2.58. The SMILES string of the molecule is Clc1ccc(C2CC[n+]3ccccc32)cc1.[Cl-]. The Kier molecular flexibility index (Phi) is 3.70. The molecule has 3 rings (SSSR count). The zero-order valence-electron chi connectivity index (χ0n) is 9.31. The highest BCUT2D eigenvalue weighted by atomic mass is 35.5. The standard InChI is InChI=1S/C14H13ClN.ClH/c15-12-6-4-11(5-7-12)13-8-10-16-9-2-1-3-14(13)16;/h1-7,9,13H,8,10H2;1H/q+1;/p-1. The van der Waals surface area contributed by atoms with Crippen LogP contribution in [0.2, 0.25) is 5.02 Å². The minimum Gasteiger partial charge on any atom is -1.00 e. The topological polar surface area (TPSA) is 3.88 Å². The van der Waals surface area contributed by atoms with E-state index < -0.39 is 0 Å². The first-order valence-electron chi connectivity index (χ1n) is 5.58. The molecule has 0 amide bonds. The Labute approximate surface area is 112 Å². The first kappa shape index (κ1) is 12.4. The zero-order chi connectivity index (χ0) is 11.0. The van der Waals surface area contributed by atoms with Gasteiger partial charge in [0.25, 0.3) is 0 Å². The second kappa shape index (κ2) is 5.07. The Morgan fingerprint density at radius 2 is 1.82 bits per heavy atom. The normalized spacial score (nSPS) is 17.4. The molecule has 0 fully saturated rings. The van der Waals surface area contributed by atoms with Crippen LogP contribution in [0.15, 0.2) is 48.7 Å². The van der Waals surface area contributed by atoms with Gasteiger partial charge in [-0.05, 0) is 17.7 Å². The fourth-order valence-electron chi connectivity index (χ4n) is 2.46. The number of aryl methyl sites for hydroxylation is 1.